The second-order valence-corrected chi connectivity index (χ2v) is 9.41. The zero-order chi connectivity index (χ0) is 20.1. The summed E-state index contributed by atoms with van der Waals surface area (Å²) in [5.41, 5.74) is 1.58. The van der Waals surface area contributed by atoms with Gasteiger partial charge in [0.2, 0.25) is 5.91 Å². The molecule has 1 N–H and O–H groups in total. The van der Waals surface area contributed by atoms with Gasteiger partial charge in [0.15, 0.2) is 15.6 Å². The Bertz CT molecular complexity index is 976. The Balaban J connectivity index is 1.77. The maximum absolute atomic E-state index is 12.9. The number of para-hydroxylation sites is 1. The van der Waals surface area contributed by atoms with Gasteiger partial charge in [-0.2, -0.15) is 0 Å². The second kappa shape index (κ2) is 8.69. The Labute approximate surface area is 166 Å². The lowest BCUT2D eigenvalue weighted by Crippen LogP contribution is -2.25. The van der Waals surface area contributed by atoms with Gasteiger partial charge in [-0.05, 0) is 42.7 Å². The fourth-order valence-corrected chi connectivity index (χ4v) is 4.29. The molecule has 0 aromatic heterocycles. The number of hydrogen-bond acceptors (Lipinski definition) is 4. The third kappa shape index (κ3) is 5.07. The fraction of sp³-hybridized carbons (Fsp3) is 0.364. The van der Waals surface area contributed by atoms with Crippen LogP contribution in [0.5, 0.6) is 0 Å². The molecular weight excluding hydrogens is 374 g/mol. The van der Waals surface area contributed by atoms with E-state index in [9.17, 15) is 18.0 Å². The number of sulfone groups is 1. The SMILES string of the molecule is CS(=O)(=O)c1cccc(CC(=O)c2ccccc2NC(=O)C2CCCCC2)c1. The van der Waals surface area contributed by atoms with Crippen molar-refractivity contribution < 1.29 is 18.0 Å². The number of anilines is 1. The van der Waals surface area contributed by atoms with Crippen molar-refractivity contribution in [1.82, 2.24) is 0 Å². The van der Waals surface area contributed by atoms with Crippen LogP contribution < -0.4 is 5.32 Å². The molecule has 148 valence electrons. The molecule has 0 aliphatic heterocycles. The molecule has 0 radical (unpaired) electrons. The number of ketones is 1. The van der Waals surface area contributed by atoms with E-state index in [2.05, 4.69) is 5.32 Å². The zero-order valence-electron chi connectivity index (χ0n) is 16.0. The van der Waals surface area contributed by atoms with Crippen LogP contribution in [0.25, 0.3) is 0 Å². The van der Waals surface area contributed by atoms with Crippen LogP contribution in [0.2, 0.25) is 0 Å². The molecule has 2 aromatic rings. The van der Waals surface area contributed by atoms with Crippen molar-refractivity contribution in [2.75, 3.05) is 11.6 Å². The average molecular weight is 400 g/mol. The van der Waals surface area contributed by atoms with Crippen LogP contribution in [-0.4, -0.2) is 26.4 Å². The molecule has 0 saturated heterocycles. The number of Topliss-reactive ketones (excluding diaryl/α,β-unsaturated/α-hetero) is 1. The average Bonchev–Trinajstić information content (AvgIpc) is 2.68. The monoisotopic (exact) mass is 399 g/mol. The summed E-state index contributed by atoms with van der Waals surface area (Å²) in [5.74, 6) is -0.187. The lowest BCUT2D eigenvalue weighted by atomic mass is 9.88. The van der Waals surface area contributed by atoms with Gasteiger partial charge in [-0.3, -0.25) is 9.59 Å². The van der Waals surface area contributed by atoms with Gasteiger partial charge < -0.3 is 5.32 Å². The van der Waals surface area contributed by atoms with Gasteiger partial charge in [-0.25, -0.2) is 8.42 Å². The number of carbonyl (C=O) groups is 2. The Morgan fingerprint density at radius 3 is 2.43 bits per heavy atom. The number of rotatable bonds is 6. The van der Waals surface area contributed by atoms with Gasteiger partial charge in [0.25, 0.3) is 0 Å². The summed E-state index contributed by atoms with van der Waals surface area (Å²) in [7, 11) is -3.33. The summed E-state index contributed by atoms with van der Waals surface area (Å²) < 4.78 is 23.5. The van der Waals surface area contributed by atoms with E-state index >= 15 is 0 Å². The minimum atomic E-state index is -3.33. The summed E-state index contributed by atoms with van der Waals surface area (Å²) in [4.78, 5) is 25.6. The molecule has 28 heavy (non-hydrogen) atoms. The van der Waals surface area contributed by atoms with E-state index in [1.807, 2.05) is 0 Å². The van der Waals surface area contributed by atoms with Crippen molar-refractivity contribution in [3.8, 4) is 0 Å². The molecule has 1 saturated carbocycles. The van der Waals surface area contributed by atoms with E-state index in [-0.39, 0.29) is 28.9 Å². The summed E-state index contributed by atoms with van der Waals surface area (Å²) >= 11 is 0. The van der Waals surface area contributed by atoms with Crippen molar-refractivity contribution in [2.45, 2.75) is 43.4 Å². The molecule has 1 amide bonds. The van der Waals surface area contributed by atoms with Crippen molar-refractivity contribution in [2.24, 2.45) is 5.92 Å². The molecule has 1 fully saturated rings. The quantitative estimate of drug-likeness (QED) is 0.744. The lowest BCUT2D eigenvalue weighted by Gasteiger charge is -2.21. The predicted molar refractivity (Wildman–Crippen MR) is 109 cm³/mol. The molecule has 0 spiro atoms. The Hall–Kier alpha value is -2.47. The number of hydrogen-bond donors (Lipinski definition) is 1. The number of nitrogens with one attached hydrogen (secondary N) is 1. The minimum absolute atomic E-state index is 0.00310. The van der Waals surface area contributed by atoms with E-state index in [1.165, 1.54) is 18.6 Å². The van der Waals surface area contributed by atoms with Gasteiger partial charge in [-0.15, -0.1) is 0 Å². The van der Waals surface area contributed by atoms with Crippen LogP contribution in [0.15, 0.2) is 53.4 Å². The molecule has 0 unspecified atom stereocenters. The van der Waals surface area contributed by atoms with Crippen molar-refractivity contribution >= 4 is 27.2 Å². The van der Waals surface area contributed by atoms with Crippen LogP contribution in [0, 0.1) is 5.92 Å². The summed E-state index contributed by atoms with van der Waals surface area (Å²) in [6.45, 7) is 0. The maximum atomic E-state index is 12.9. The largest absolute Gasteiger partial charge is 0.325 e. The first-order chi connectivity index (χ1) is 13.3. The maximum Gasteiger partial charge on any atom is 0.227 e. The minimum Gasteiger partial charge on any atom is -0.325 e. The molecule has 0 heterocycles. The normalized spacial score (nSPS) is 15.2. The molecular formula is C22H25NO4S. The number of amides is 1. The van der Waals surface area contributed by atoms with E-state index in [0.29, 0.717) is 16.8 Å². The standard InChI is InChI=1S/C22H25NO4S/c1-28(26,27)18-11-7-8-16(14-18)15-21(24)19-12-5-6-13-20(19)23-22(25)17-9-3-2-4-10-17/h5-8,11-14,17H,2-4,9-10,15H2,1H3,(H,23,25). The third-order valence-electron chi connectivity index (χ3n) is 5.15. The van der Waals surface area contributed by atoms with Crippen molar-refractivity contribution in [1.29, 1.82) is 0 Å². The Kier molecular flexibility index (Phi) is 6.29. The molecule has 0 atom stereocenters. The van der Waals surface area contributed by atoms with E-state index in [4.69, 9.17) is 0 Å². The topological polar surface area (TPSA) is 80.3 Å². The highest BCUT2D eigenvalue weighted by atomic mass is 32.2. The summed E-state index contributed by atoms with van der Waals surface area (Å²) in [6, 6.07) is 13.4. The number of carbonyl (C=O) groups excluding carboxylic acids is 2. The van der Waals surface area contributed by atoms with Gasteiger partial charge in [0.1, 0.15) is 0 Å². The van der Waals surface area contributed by atoms with Gasteiger partial charge in [-0.1, -0.05) is 43.5 Å². The summed E-state index contributed by atoms with van der Waals surface area (Å²) in [6.07, 6.45) is 6.29. The Morgan fingerprint density at radius 2 is 1.71 bits per heavy atom. The molecule has 6 heteroatoms. The first-order valence-corrected chi connectivity index (χ1v) is 11.5. The van der Waals surface area contributed by atoms with Crippen LogP contribution >= 0.6 is 0 Å². The van der Waals surface area contributed by atoms with E-state index in [1.54, 1.807) is 36.4 Å². The number of benzene rings is 2. The van der Waals surface area contributed by atoms with E-state index < -0.39 is 9.84 Å². The fourth-order valence-electron chi connectivity index (χ4n) is 3.60. The van der Waals surface area contributed by atoms with Crippen LogP contribution in [0.3, 0.4) is 0 Å². The smallest absolute Gasteiger partial charge is 0.227 e. The molecule has 0 bridgehead atoms. The zero-order valence-corrected chi connectivity index (χ0v) is 16.8. The van der Waals surface area contributed by atoms with Gasteiger partial charge in [0.05, 0.1) is 10.6 Å². The highest BCUT2D eigenvalue weighted by molar-refractivity contribution is 7.90. The first kappa shape index (κ1) is 20.3. The van der Waals surface area contributed by atoms with Crippen molar-refractivity contribution in [3.63, 3.8) is 0 Å². The predicted octanol–water partition coefficient (Wildman–Crippen LogP) is 4.03. The lowest BCUT2D eigenvalue weighted by molar-refractivity contribution is -0.120. The van der Waals surface area contributed by atoms with E-state index in [0.717, 1.165) is 31.9 Å². The Morgan fingerprint density at radius 1 is 1.00 bits per heavy atom. The van der Waals surface area contributed by atoms with Crippen LogP contribution in [-0.2, 0) is 21.1 Å². The summed E-state index contributed by atoms with van der Waals surface area (Å²) in [5, 5.41) is 2.93. The molecule has 3 rings (SSSR count). The third-order valence-corrected chi connectivity index (χ3v) is 6.26. The first-order valence-electron chi connectivity index (χ1n) is 9.56. The highest BCUT2D eigenvalue weighted by Gasteiger charge is 2.22. The molecule has 1 aliphatic carbocycles. The van der Waals surface area contributed by atoms with Gasteiger partial charge in [0, 0.05) is 24.2 Å². The van der Waals surface area contributed by atoms with Gasteiger partial charge >= 0.3 is 0 Å². The highest BCUT2D eigenvalue weighted by Crippen LogP contribution is 2.26. The second-order valence-electron chi connectivity index (χ2n) is 7.39. The molecule has 5 nitrogen and oxygen atoms in total. The van der Waals surface area contributed by atoms with Crippen LogP contribution in [0.4, 0.5) is 5.69 Å². The molecule has 1 aliphatic rings. The van der Waals surface area contributed by atoms with Crippen molar-refractivity contribution in [3.05, 3.63) is 59.7 Å². The van der Waals surface area contributed by atoms with Crippen LogP contribution in [0.1, 0.15) is 48.0 Å². The molecule has 2 aromatic carbocycles.